The standard InChI is InChI=1S/C11H19N3O/c1-8-9(2)14(5-3-11(8)12)7-10-4-6-15-13-10/h4,6,8-9,11H,3,5,7,12H2,1-2H3. The van der Waals surface area contributed by atoms with Crippen molar-refractivity contribution in [2.45, 2.75) is 38.9 Å². The van der Waals surface area contributed by atoms with E-state index in [-0.39, 0.29) is 0 Å². The third-order valence-electron chi connectivity index (χ3n) is 3.62. The summed E-state index contributed by atoms with van der Waals surface area (Å²) in [5.41, 5.74) is 7.05. The Labute approximate surface area is 90.4 Å². The van der Waals surface area contributed by atoms with Crippen molar-refractivity contribution in [3.05, 3.63) is 18.0 Å². The quantitative estimate of drug-likeness (QED) is 0.796. The zero-order valence-corrected chi connectivity index (χ0v) is 9.39. The normalized spacial score (nSPS) is 33.1. The average molecular weight is 209 g/mol. The summed E-state index contributed by atoms with van der Waals surface area (Å²) in [4.78, 5) is 2.42. The molecule has 84 valence electrons. The lowest BCUT2D eigenvalue weighted by Crippen LogP contribution is -2.51. The molecule has 15 heavy (non-hydrogen) atoms. The first kappa shape index (κ1) is 10.6. The fraction of sp³-hybridized carbons (Fsp3) is 0.727. The van der Waals surface area contributed by atoms with Crippen LogP contribution in [0.25, 0.3) is 0 Å². The van der Waals surface area contributed by atoms with Crippen LogP contribution >= 0.6 is 0 Å². The number of nitrogens with two attached hydrogens (primary N) is 1. The minimum atomic E-state index is 0.341. The summed E-state index contributed by atoms with van der Waals surface area (Å²) in [5, 5.41) is 3.94. The van der Waals surface area contributed by atoms with Crippen molar-refractivity contribution >= 4 is 0 Å². The molecule has 3 atom stereocenters. The minimum absolute atomic E-state index is 0.341. The molecule has 1 fully saturated rings. The van der Waals surface area contributed by atoms with Crippen molar-refractivity contribution < 1.29 is 4.52 Å². The van der Waals surface area contributed by atoms with Crippen LogP contribution in [0.3, 0.4) is 0 Å². The average Bonchev–Trinajstić information content (AvgIpc) is 2.72. The molecule has 0 spiro atoms. The zero-order valence-electron chi connectivity index (χ0n) is 9.39. The third-order valence-corrected chi connectivity index (χ3v) is 3.62. The fourth-order valence-electron chi connectivity index (χ4n) is 2.22. The van der Waals surface area contributed by atoms with E-state index in [0.717, 1.165) is 25.2 Å². The summed E-state index contributed by atoms with van der Waals surface area (Å²) in [6, 6.07) is 2.78. The van der Waals surface area contributed by atoms with Crippen LogP contribution in [0.5, 0.6) is 0 Å². The van der Waals surface area contributed by atoms with Gasteiger partial charge in [-0.15, -0.1) is 0 Å². The van der Waals surface area contributed by atoms with Crippen molar-refractivity contribution in [3.63, 3.8) is 0 Å². The van der Waals surface area contributed by atoms with E-state index in [9.17, 15) is 0 Å². The molecule has 0 radical (unpaired) electrons. The first-order chi connectivity index (χ1) is 7.18. The number of hydrogen-bond acceptors (Lipinski definition) is 4. The molecule has 1 aromatic heterocycles. The zero-order chi connectivity index (χ0) is 10.8. The molecule has 0 aliphatic carbocycles. The molecule has 0 aromatic carbocycles. The second-order valence-corrected chi connectivity index (χ2v) is 4.51. The van der Waals surface area contributed by atoms with Crippen molar-refractivity contribution in [2.24, 2.45) is 11.7 Å². The Bertz CT molecular complexity index is 299. The molecular formula is C11H19N3O. The van der Waals surface area contributed by atoms with E-state index in [0.29, 0.717) is 18.0 Å². The van der Waals surface area contributed by atoms with E-state index in [1.54, 1.807) is 6.26 Å². The predicted octanol–water partition coefficient (Wildman–Crippen LogP) is 1.23. The Morgan fingerprint density at radius 3 is 3.07 bits per heavy atom. The highest BCUT2D eigenvalue weighted by Crippen LogP contribution is 2.23. The molecular weight excluding hydrogens is 190 g/mol. The lowest BCUT2D eigenvalue weighted by Gasteiger charge is -2.40. The van der Waals surface area contributed by atoms with Gasteiger partial charge in [-0.05, 0) is 19.3 Å². The number of hydrogen-bond donors (Lipinski definition) is 1. The van der Waals surface area contributed by atoms with Gasteiger partial charge in [-0.2, -0.15) is 0 Å². The van der Waals surface area contributed by atoms with Crippen LogP contribution in [0.1, 0.15) is 26.0 Å². The SMILES string of the molecule is CC1C(N)CCN(Cc2ccon2)C1C. The Hall–Kier alpha value is -0.870. The van der Waals surface area contributed by atoms with Gasteiger partial charge in [0, 0.05) is 31.2 Å². The van der Waals surface area contributed by atoms with Gasteiger partial charge in [0.1, 0.15) is 6.26 Å². The first-order valence-electron chi connectivity index (χ1n) is 5.57. The van der Waals surface area contributed by atoms with E-state index >= 15 is 0 Å². The van der Waals surface area contributed by atoms with Gasteiger partial charge in [-0.25, -0.2) is 0 Å². The molecule has 2 rings (SSSR count). The highest BCUT2D eigenvalue weighted by Gasteiger charge is 2.30. The van der Waals surface area contributed by atoms with Crippen molar-refractivity contribution in [1.29, 1.82) is 0 Å². The van der Waals surface area contributed by atoms with Crippen LogP contribution in [0, 0.1) is 5.92 Å². The summed E-state index contributed by atoms with van der Waals surface area (Å²) in [5.74, 6) is 0.547. The molecule has 4 heteroatoms. The Balaban J connectivity index is 1.98. The monoisotopic (exact) mass is 209 g/mol. The lowest BCUT2D eigenvalue weighted by molar-refractivity contribution is 0.0887. The van der Waals surface area contributed by atoms with Crippen LogP contribution in [-0.4, -0.2) is 28.7 Å². The second kappa shape index (κ2) is 4.33. The van der Waals surface area contributed by atoms with Crippen molar-refractivity contribution in [1.82, 2.24) is 10.1 Å². The van der Waals surface area contributed by atoms with Crippen LogP contribution in [-0.2, 0) is 6.54 Å². The molecule has 1 aliphatic rings. The molecule has 2 heterocycles. The maximum Gasteiger partial charge on any atom is 0.124 e. The van der Waals surface area contributed by atoms with Gasteiger partial charge in [0.25, 0.3) is 0 Å². The number of likely N-dealkylation sites (tertiary alicyclic amines) is 1. The molecule has 0 saturated carbocycles. The van der Waals surface area contributed by atoms with E-state index < -0.39 is 0 Å². The highest BCUT2D eigenvalue weighted by molar-refractivity contribution is 4.97. The highest BCUT2D eigenvalue weighted by atomic mass is 16.5. The van der Waals surface area contributed by atoms with E-state index in [1.807, 2.05) is 6.07 Å². The Kier molecular flexibility index (Phi) is 3.07. The van der Waals surface area contributed by atoms with Crippen molar-refractivity contribution in [2.75, 3.05) is 6.54 Å². The van der Waals surface area contributed by atoms with Gasteiger partial charge in [0.15, 0.2) is 0 Å². The first-order valence-corrected chi connectivity index (χ1v) is 5.57. The second-order valence-electron chi connectivity index (χ2n) is 4.51. The molecule has 2 N–H and O–H groups in total. The molecule has 1 aliphatic heterocycles. The Morgan fingerprint density at radius 2 is 2.40 bits per heavy atom. The number of rotatable bonds is 2. The molecule has 3 unspecified atom stereocenters. The molecule has 1 aromatic rings. The summed E-state index contributed by atoms with van der Waals surface area (Å²) in [6.45, 7) is 6.39. The summed E-state index contributed by atoms with van der Waals surface area (Å²) in [7, 11) is 0. The smallest absolute Gasteiger partial charge is 0.124 e. The Morgan fingerprint density at radius 1 is 1.60 bits per heavy atom. The van der Waals surface area contributed by atoms with Gasteiger partial charge in [0.05, 0.1) is 5.69 Å². The number of piperidine rings is 1. The maximum absolute atomic E-state index is 6.04. The van der Waals surface area contributed by atoms with E-state index in [2.05, 4.69) is 23.9 Å². The van der Waals surface area contributed by atoms with Gasteiger partial charge in [0.2, 0.25) is 0 Å². The van der Waals surface area contributed by atoms with Crippen LogP contribution in [0.15, 0.2) is 16.9 Å². The van der Waals surface area contributed by atoms with E-state index in [4.69, 9.17) is 10.3 Å². The van der Waals surface area contributed by atoms with Crippen LogP contribution in [0.2, 0.25) is 0 Å². The molecule has 0 bridgehead atoms. The third kappa shape index (κ3) is 2.21. The number of nitrogens with zero attached hydrogens (tertiary/aromatic N) is 2. The van der Waals surface area contributed by atoms with Gasteiger partial charge >= 0.3 is 0 Å². The van der Waals surface area contributed by atoms with Crippen LogP contribution in [0.4, 0.5) is 0 Å². The van der Waals surface area contributed by atoms with Gasteiger partial charge < -0.3 is 10.3 Å². The summed E-state index contributed by atoms with van der Waals surface area (Å²) in [6.07, 6.45) is 2.70. The summed E-state index contributed by atoms with van der Waals surface area (Å²) < 4.78 is 4.84. The minimum Gasteiger partial charge on any atom is -0.364 e. The lowest BCUT2D eigenvalue weighted by atomic mass is 9.87. The maximum atomic E-state index is 6.04. The predicted molar refractivity (Wildman–Crippen MR) is 58.1 cm³/mol. The summed E-state index contributed by atoms with van der Waals surface area (Å²) >= 11 is 0. The molecule has 0 amide bonds. The number of aromatic nitrogens is 1. The fourth-order valence-corrected chi connectivity index (χ4v) is 2.22. The topological polar surface area (TPSA) is 55.3 Å². The van der Waals surface area contributed by atoms with Crippen molar-refractivity contribution in [3.8, 4) is 0 Å². The van der Waals surface area contributed by atoms with Crippen LogP contribution < -0.4 is 5.73 Å². The van der Waals surface area contributed by atoms with Gasteiger partial charge in [-0.1, -0.05) is 12.1 Å². The van der Waals surface area contributed by atoms with E-state index in [1.165, 1.54) is 0 Å². The largest absolute Gasteiger partial charge is 0.364 e. The molecule has 1 saturated heterocycles. The van der Waals surface area contributed by atoms with Gasteiger partial charge in [-0.3, -0.25) is 4.90 Å². The molecule has 4 nitrogen and oxygen atoms in total.